The van der Waals surface area contributed by atoms with Crippen molar-refractivity contribution in [2.24, 2.45) is 0 Å². The highest BCUT2D eigenvalue weighted by molar-refractivity contribution is 7.89. The van der Waals surface area contributed by atoms with Crippen LogP contribution in [0.2, 0.25) is 0 Å². The second-order valence-corrected chi connectivity index (χ2v) is 8.39. The minimum atomic E-state index is -4.98. The summed E-state index contributed by atoms with van der Waals surface area (Å²) in [5, 5.41) is 0. The Bertz CT molecular complexity index is 1140. The van der Waals surface area contributed by atoms with Crippen LogP contribution in [0.4, 0.5) is 13.2 Å². The Morgan fingerprint density at radius 1 is 1.07 bits per heavy atom. The van der Waals surface area contributed by atoms with Crippen LogP contribution in [-0.4, -0.2) is 41.7 Å². The van der Waals surface area contributed by atoms with Crippen molar-refractivity contribution in [2.75, 3.05) is 13.1 Å². The first-order chi connectivity index (χ1) is 13.2. The standard InChI is InChI=1S/C18H16F3N3O3S/c1-12-22-14-6-2-3-7-15(14)24(12)13-10-23(11-13)28(25,26)17-9-5-4-8-16(17)27-18(19,20)21/h2-9,13H,10-11H2,1H3. The van der Waals surface area contributed by atoms with Gasteiger partial charge in [-0.3, -0.25) is 0 Å². The third kappa shape index (κ3) is 3.22. The normalized spacial score (nSPS) is 16.3. The zero-order valence-corrected chi connectivity index (χ0v) is 15.5. The molecular weight excluding hydrogens is 395 g/mol. The first-order valence-electron chi connectivity index (χ1n) is 8.45. The number of rotatable bonds is 4. The van der Waals surface area contributed by atoms with E-state index in [9.17, 15) is 21.6 Å². The van der Waals surface area contributed by atoms with Crippen LogP contribution in [0.1, 0.15) is 11.9 Å². The number of aromatic nitrogens is 2. The topological polar surface area (TPSA) is 64.4 Å². The fourth-order valence-corrected chi connectivity index (χ4v) is 5.04. The van der Waals surface area contributed by atoms with Crippen molar-refractivity contribution in [1.82, 2.24) is 13.9 Å². The molecule has 1 fully saturated rings. The number of hydrogen-bond acceptors (Lipinski definition) is 4. The lowest BCUT2D eigenvalue weighted by atomic mass is 10.1. The largest absolute Gasteiger partial charge is 0.573 e. The summed E-state index contributed by atoms with van der Waals surface area (Å²) in [7, 11) is -4.12. The quantitative estimate of drug-likeness (QED) is 0.659. The molecule has 1 aromatic heterocycles. The van der Waals surface area contributed by atoms with Gasteiger partial charge in [0.2, 0.25) is 10.0 Å². The Labute approximate surface area is 159 Å². The van der Waals surface area contributed by atoms with E-state index >= 15 is 0 Å². The second kappa shape index (κ2) is 6.49. The Morgan fingerprint density at radius 2 is 1.71 bits per heavy atom. The van der Waals surface area contributed by atoms with Gasteiger partial charge in [0, 0.05) is 13.1 Å². The predicted octanol–water partition coefficient (Wildman–Crippen LogP) is 3.49. The van der Waals surface area contributed by atoms with Gasteiger partial charge in [-0.2, -0.15) is 4.31 Å². The number of nitrogens with zero attached hydrogens (tertiary/aromatic N) is 3. The molecule has 1 aliphatic rings. The molecule has 1 saturated heterocycles. The van der Waals surface area contributed by atoms with Crippen LogP contribution in [0.25, 0.3) is 11.0 Å². The molecule has 2 heterocycles. The van der Waals surface area contributed by atoms with E-state index in [1.807, 2.05) is 35.8 Å². The number of ether oxygens (including phenoxy) is 1. The first kappa shape index (κ1) is 18.8. The van der Waals surface area contributed by atoms with Crippen LogP contribution in [0, 0.1) is 6.92 Å². The second-order valence-electron chi connectivity index (χ2n) is 6.49. The summed E-state index contributed by atoms with van der Waals surface area (Å²) < 4.78 is 70.5. The number of alkyl halides is 3. The first-order valence-corrected chi connectivity index (χ1v) is 9.89. The molecule has 0 saturated carbocycles. The van der Waals surface area contributed by atoms with Crippen molar-refractivity contribution in [2.45, 2.75) is 24.2 Å². The van der Waals surface area contributed by atoms with Gasteiger partial charge in [-0.15, -0.1) is 13.2 Å². The summed E-state index contributed by atoms with van der Waals surface area (Å²) in [5.41, 5.74) is 1.70. The molecule has 10 heteroatoms. The molecule has 0 spiro atoms. The van der Waals surface area contributed by atoms with E-state index in [0.717, 1.165) is 33.3 Å². The van der Waals surface area contributed by atoms with Crippen LogP contribution in [0.5, 0.6) is 5.75 Å². The molecule has 4 rings (SSSR count). The fraction of sp³-hybridized carbons (Fsp3) is 0.278. The molecule has 0 aliphatic carbocycles. The highest BCUT2D eigenvalue weighted by Crippen LogP contribution is 2.36. The molecule has 3 aromatic rings. The third-order valence-electron chi connectivity index (χ3n) is 4.66. The zero-order valence-electron chi connectivity index (χ0n) is 14.7. The average Bonchev–Trinajstić information content (AvgIpc) is 2.88. The van der Waals surface area contributed by atoms with Gasteiger partial charge >= 0.3 is 6.36 Å². The van der Waals surface area contributed by atoms with Crippen molar-refractivity contribution in [3.05, 3.63) is 54.4 Å². The van der Waals surface area contributed by atoms with E-state index in [0.29, 0.717) is 0 Å². The van der Waals surface area contributed by atoms with Crippen LogP contribution in [0.3, 0.4) is 0 Å². The SMILES string of the molecule is Cc1nc2ccccc2n1C1CN(S(=O)(=O)c2ccccc2OC(F)(F)F)C1. The Morgan fingerprint density at radius 3 is 2.43 bits per heavy atom. The summed E-state index contributed by atoms with van der Waals surface area (Å²) in [6.45, 7) is 2.12. The Balaban J connectivity index is 1.60. The van der Waals surface area contributed by atoms with E-state index < -0.39 is 27.0 Å². The summed E-state index contributed by atoms with van der Waals surface area (Å²) in [5.74, 6) is 0.0202. The van der Waals surface area contributed by atoms with E-state index in [4.69, 9.17) is 0 Å². The number of benzene rings is 2. The van der Waals surface area contributed by atoms with E-state index in [-0.39, 0.29) is 19.1 Å². The molecule has 0 radical (unpaired) electrons. The minimum Gasteiger partial charge on any atom is -0.404 e. The van der Waals surface area contributed by atoms with Gasteiger partial charge in [-0.1, -0.05) is 24.3 Å². The molecule has 0 bridgehead atoms. The lowest BCUT2D eigenvalue weighted by Crippen LogP contribution is -2.50. The van der Waals surface area contributed by atoms with Crippen molar-refractivity contribution >= 4 is 21.1 Å². The van der Waals surface area contributed by atoms with Crippen LogP contribution >= 0.6 is 0 Å². The fourth-order valence-electron chi connectivity index (χ4n) is 3.41. The minimum absolute atomic E-state index is 0.141. The number of halogens is 3. The zero-order chi connectivity index (χ0) is 20.1. The van der Waals surface area contributed by atoms with Crippen LogP contribution in [0.15, 0.2) is 53.4 Å². The summed E-state index contributed by atoms with van der Waals surface area (Å²) in [6, 6.07) is 12.1. The van der Waals surface area contributed by atoms with Crippen LogP contribution < -0.4 is 4.74 Å². The van der Waals surface area contributed by atoms with Gasteiger partial charge in [-0.05, 0) is 31.2 Å². The molecule has 148 valence electrons. The van der Waals surface area contributed by atoms with E-state index in [1.54, 1.807) is 0 Å². The smallest absolute Gasteiger partial charge is 0.404 e. The molecule has 28 heavy (non-hydrogen) atoms. The van der Waals surface area contributed by atoms with E-state index in [2.05, 4.69) is 9.72 Å². The lowest BCUT2D eigenvalue weighted by molar-refractivity contribution is -0.275. The van der Waals surface area contributed by atoms with Crippen molar-refractivity contribution in [1.29, 1.82) is 0 Å². The maximum absolute atomic E-state index is 12.8. The maximum Gasteiger partial charge on any atom is 0.573 e. The molecule has 6 nitrogen and oxygen atoms in total. The average molecular weight is 411 g/mol. The summed E-state index contributed by atoms with van der Waals surface area (Å²) in [6.07, 6.45) is -4.98. The Hall–Kier alpha value is -2.59. The van der Waals surface area contributed by atoms with Gasteiger partial charge in [-0.25, -0.2) is 13.4 Å². The maximum atomic E-state index is 12.8. The molecular formula is C18H16F3N3O3S. The van der Waals surface area contributed by atoms with Gasteiger partial charge in [0.15, 0.2) is 0 Å². The van der Waals surface area contributed by atoms with Crippen LogP contribution in [-0.2, 0) is 10.0 Å². The molecule has 1 aliphatic heterocycles. The Kier molecular flexibility index (Phi) is 4.35. The number of para-hydroxylation sites is 3. The summed E-state index contributed by atoms with van der Waals surface area (Å²) in [4.78, 5) is 3.96. The van der Waals surface area contributed by atoms with E-state index in [1.165, 1.54) is 12.1 Å². The molecule has 0 unspecified atom stereocenters. The monoisotopic (exact) mass is 411 g/mol. The third-order valence-corrected chi connectivity index (χ3v) is 6.53. The molecule has 0 N–H and O–H groups in total. The lowest BCUT2D eigenvalue weighted by Gasteiger charge is -2.39. The number of hydrogen-bond donors (Lipinski definition) is 0. The van der Waals surface area contributed by atoms with Crippen molar-refractivity contribution in [3.63, 3.8) is 0 Å². The predicted molar refractivity (Wildman–Crippen MR) is 95.4 cm³/mol. The number of sulfonamides is 1. The van der Waals surface area contributed by atoms with Crippen molar-refractivity contribution < 1.29 is 26.3 Å². The summed E-state index contributed by atoms with van der Waals surface area (Å²) >= 11 is 0. The number of fused-ring (bicyclic) bond motifs is 1. The van der Waals surface area contributed by atoms with Gasteiger partial charge in [0.1, 0.15) is 16.5 Å². The molecule has 0 amide bonds. The molecule has 2 aromatic carbocycles. The van der Waals surface area contributed by atoms with Gasteiger partial charge in [0.05, 0.1) is 17.1 Å². The number of imidazole rings is 1. The number of aryl methyl sites for hydroxylation is 1. The van der Waals surface area contributed by atoms with Gasteiger partial charge < -0.3 is 9.30 Å². The van der Waals surface area contributed by atoms with Crippen molar-refractivity contribution in [3.8, 4) is 5.75 Å². The highest BCUT2D eigenvalue weighted by atomic mass is 32.2. The molecule has 0 atom stereocenters. The highest BCUT2D eigenvalue weighted by Gasteiger charge is 2.41. The van der Waals surface area contributed by atoms with Gasteiger partial charge in [0.25, 0.3) is 0 Å².